The standard InChI is InChI=1S/C21H13ClFNO2S2/c22-15-11-14(8-9-16(15)23)24-20(25)18(17-7-4-10-27-17)19(21(24)26)28-12-13-5-2-1-3-6-13/h1-11H,12H2. The van der Waals surface area contributed by atoms with Gasteiger partial charge in [0.1, 0.15) is 5.82 Å². The number of hydrogen-bond donors (Lipinski definition) is 0. The van der Waals surface area contributed by atoms with E-state index in [2.05, 4.69) is 0 Å². The first-order chi connectivity index (χ1) is 13.6. The van der Waals surface area contributed by atoms with Crippen molar-refractivity contribution in [2.45, 2.75) is 5.75 Å². The van der Waals surface area contributed by atoms with Crippen LogP contribution >= 0.6 is 34.7 Å². The monoisotopic (exact) mass is 429 g/mol. The van der Waals surface area contributed by atoms with Crippen LogP contribution in [0.25, 0.3) is 5.57 Å². The van der Waals surface area contributed by atoms with Gasteiger partial charge in [-0.2, -0.15) is 0 Å². The van der Waals surface area contributed by atoms with E-state index in [0.29, 0.717) is 16.2 Å². The van der Waals surface area contributed by atoms with Crippen molar-refractivity contribution in [2.75, 3.05) is 4.90 Å². The molecule has 0 spiro atoms. The van der Waals surface area contributed by atoms with Gasteiger partial charge in [0.15, 0.2) is 0 Å². The second-order valence-electron chi connectivity index (χ2n) is 6.00. The predicted octanol–water partition coefficient (Wildman–Crippen LogP) is 5.76. The molecule has 4 rings (SSSR count). The van der Waals surface area contributed by atoms with Gasteiger partial charge in [-0.05, 0) is 35.2 Å². The molecular weight excluding hydrogens is 417 g/mol. The average molecular weight is 430 g/mol. The van der Waals surface area contributed by atoms with Crippen LogP contribution in [0.2, 0.25) is 5.02 Å². The number of rotatable bonds is 5. The van der Waals surface area contributed by atoms with Gasteiger partial charge in [0.2, 0.25) is 0 Å². The number of benzene rings is 2. The zero-order chi connectivity index (χ0) is 19.7. The summed E-state index contributed by atoms with van der Waals surface area (Å²) in [4.78, 5) is 28.4. The lowest BCUT2D eigenvalue weighted by molar-refractivity contribution is -0.119. The SMILES string of the molecule is O=C1C(SCc2ccccc2)=C(c2cccs2)C(=O)N1c1ccc(F)c(Cl)c1. The van der Waals surface area contributed by atoms with Crippen LogP contribution in [0.15, 0.2) is 70.9 Å². The van der Waals surface area contributed by atoms with Gasteiger partial charge in [-0.3, -0.25) is 9.59 Å². The first-order valence-corrected chi connectivity index (χ1v) is 10.6. The Morgan fingerprint density at radius 2 is 1.79 bits per heavy atom. The molecular formula is C21H13ClFNO2S2. The molecule has 0 saturated carbocycles. The van der Waals surface area contributed by atoms with E-state index in [-0.39, 0.29) is 10.7 Å². The summed E-state index contributed by atoms with van der Waals surface area (Å²) in [6, 6.07) is 17.2. The van der Waals surface area contributed by atoms with Crippen molar-refractivity contribution in [3.63, 3.8) is 0 Å². The summed E-state index contributed by atoms with van der Waals surface area (Å²) in [5.41, 5.74) is 1.68. The molecule has 7 heteroatoms. The number of thiophene rings is 1. The minimum atomic E-state index is -0.602. The van der Waals surface area contributed by atoms with E-state index >= 15 is 0 Å². The number of imide groups is 1. The first kappa shape index (κ1) is 18.9. The van der Waals surface area contributed by atoms with E-state index in [0.717, 1.165) is 21.4 Å². The summed E-state index contributed by atoms with van der Waals surface area (Å²) in [5.74, 6) is -0.889. The maximum atomic E-state index is 13.5. The quantitative estimate of drug-likeness (QED) is 0.484. The highest BCUT2D eigenvalue weighted by Crippen LogP contribution is 2.41. The van der Waals surface area contributed by atoms with Gasteiger partial charge in [0.05, 0.1) is 21.2 Å². The molecule has 0 unspecified atom stereocenters. The maximum Gasteiger partial charge on any atom is 0.272 e. The highest BCUT2D eigenvalue weighted by Gasteiger charge is 2.40. The maximum absolute atomic E-state index is 13.5. The fourth-order valence-corrected chi connectivity index (χ4v) is 4.94. The molecule has 2 amide bonds. The number of amides is 2. The molecule has 0 saturated heterocycles. The van der Waals surface area contributed by atoms with Crippen LogP contribution in [0, 0.1) is 5.82 Å². The highest BCUT2D eigenvalue weighted by molar-refractivity contribution is 8.03. The normalized spacial score (nSPS) is 14.3. The van der Waals surface area contributed by atoms with Crippen LogP contribution in [0.4, 0.5) is 10.1 Å². The fraction of sp³-hybridized carbons (Fsp3) is 0.0476. The topological polar surface area (TPSA) is 37.4 Å². The fourth-order valence-electron chi connectivity index (χ4n) is 2.87. The lowest BCUT2D eigenvalue weighted by Crippen LogP contribution is -2.31. The molecule has 2 heterocycles. The number of hydrogen-bond acceptors (Lipinski definition) is 4. The largest absolute Gasteiger partial charge is 0.272 e. The number of nitrogens with zero attached hydrogens (tertiary/aromatic N) is 1. The zero-order valence-electron chi connectivity index (χ0n) is 14.4. The minimum absolute atomic E-state index is 0.138. The van der Waals surface area contributed by atoms with Crippen LogP contribution in [0.1, 0.15) is 10.4 Å². The molecule has 1 aliphatic rings. The lowest BCUT2D eigenvalue weighted by atomic mass is 10.2. The Balaban J connectivity index is 1.72. The molecule has 0 bridgehead atoms. The predicted molar refractivity (Wildman–Crippen MR) is 113 cm³/mol. The molecule has 3 aromatic rings. The summed E-state index contributed by atoms with van der Waals surface area (Å²) in [7, 11) is 0. The molecule has 140 valence electrons. The van der Waals surface area contributed by atoms with Gasteiger partial charge in [-0.15, -0.1) is 23.1 Å². The smallest absolute Gasteiger partial charge is 0.268 e. The molecule has 0 fully saturated rings. The summed E-state index contributed by atoms with van der Waals surface area (Å²) in [6.45, 7) is 0. The minimum Gasteiger partial charge on any atom is -0.268 e. The van der Waals surface area contributed by atoms with Crippen molar-refractivity contribution in [3.8, 4) is 0 Å². The van der Waals surface area contributed by atoms with E-state index in [1.807, 2.05) is 47.8 Å². The van der Waals surface area contributed by atoms with Crippen molar-refractivity contribution in [1.29, 1.82) is 0 Å². The van der Waals surface area contributed by atoms with E-state index in [1.54, 1.807) is 0 Å². The van der Waals surface area contributed by atoms with Gasteiger partial charge in [-0.1, -0.05) is 48.0 Å². The lowest BCUT2D eigenvalue weighted by Gasteiger charge is -2.15. The highest BCUT2D eigenvalue weighted by atomic mass is 35.5. The summed E-state index contributed by atoms with van der Waals surface area (Å²) in [5, 5.41) is 1.72. The first-order valence-electron chi connectivity index (χ1n) is 8.35. The molecule has 3 nitrogen and oxygen atoms in total. The molecule has 1 aliphatic heterocycles. The van der Waals surface area contributed by atoms with Gasteiger partial charge in [-0.25, -0.2) is 9.29 Å². The van der Waals surface area contributed by atoms with Crippen LogP contribution in [0.3, 0.4) is 0 Å². The Morgan fingerprint density at radius 1 is 1.00 bits per heavy atom. The molecule has 0 aliphatic carbocycles. The van der Waals surface area contributed by atoms with Crippen molar-refractivity contribution in [1.82, 2.24) is 0 Å². The Bertz CT molecular complexity index is 1080. The van der Waals surface area contributed by atoms with Crippen molar-refractivity contribution in [3.05, 3.63) is 92.2 Å². The Kier molecular flexibility index (Phi) is 5.35. The van der Waals surface area contributed by atoms with Crippen LogP contribution in [-0.4, -0.2) is 11.8 Å². The van der Waals surface area contributed by atoms with Gasteiger partial charge in [0.25, 0.3) is 11.8 Å². The molecule has 0 radical (unpaired) electrons. The third-order valence-electron chi connectivity index (χ3n) is 4.20. The third-order valence-corrected chi connectivity index (χ3v) is 6.52. The van der Waals surface area contributed by atoms with E-state index < -0.39 is 17.6 Å². The number of carbonyl (C=O) groups is 2. The number of anilines is 1. The Morgan fingerprint density at radius 3 is 2.46 bits per heavy atom. The van der Waals surface area contributed by atoms with E-state index in [1.165, 1.54) is 35.2 Å². The Hall–Kier alpha value is -2.41. The third kappa shape index (κ3) is 3.51. The average Bonchev–Trinajstić information content (AvgIpc) is 3.30. The van der Waals surface area contributed by atoms with Gasteiger partial charge in [0, 0.05) is 10.6 Å². The van der Waals surface area contributed by atoms with Gasteiger partial charge < -0.3 is 0 Å². The second-order valence-corrected chi connectivity index (χ2v) is 8.34. The van der Waals surface area contributed by atoms with Crippen molar-refractivity contribution < 1.29 is 14.0 Å². The van der Waals surface area contributed by atoms with Crippen molar-refractivity contribution in [2.24, 2.45) is 0 Å². The number of halogens is 2. The molecule has 1 aromatic heterocycles. The molecule has 2 aromatic carbocycles. The Labute approximate surface area is 174 Å². The molecule has 0 atom stereocenters. The number of thioether (sulfide) groups is 1. The molecule has 0 N–H and O–H groups in total. The van der Waals surface area contributed by atoms with Gasteiger partial charge >= 0.3 is 0 Å². The van der Waals surface area contributed by atoms with Crippen LogP contribution in [0.5, 0.6) is 0 Å². The molecule has 28 heavy (non-hydrogen) atoms. The summed E-state index contributed by atoms with van der Waals surface area (Å²) in [6.07, 6.45) is 0. The summed E-state index contributed by atoms with van der Waals surface area (Å²) >= 11 is 8.59. The zero-order valence-corrected chi connectivity index (χ0v) is 16.8. The summed E-state index contributed by atoms with van der Waals surface area (Å²) < 4.78 is 13.5. The van der Waals surface area contributed by atoms with E-state index in [4.69, 9.17) is 11.6 Å². The second kappa shape index (κ2) is 7.91. The van der Waals surface area contributed by atoms with Crippen LogP contribution < -0.4 is 4.90 Å². The van der Waals surface area contributed by atoms with Crippen molar-refractivity contribution >= 4 is 57.8 Å². The van der Waals surface area contributed by atoms with E-state index in [9.17, 15) is 14.0 Å². The van der Waals surface area contributed by atoms with Crippen LogP contribution in [-0.2, 0) is 15.3 Å². The number of carbonyl (C=O) groups excluding carboxylic acids is 2.